The number of fused-ring (bicyclic) bond motifs is 6. The van der Waals surface area contributed by atoms with Crippen molar-refractivity contribution in [1.29, 1.82) is 0 Å². The standard InChI is InChI=1S/C45H37NO/c1-45(2)41-17-8-6-15-37(41)39-28-35(23-25-42(39)45)46(36-24-26-44-40(29-36)38-16-7-9-18-43(38)47-44)34-21-19-31(20-22-34)33-14-10-13-32(27-33)30-11-4-3-5-12-30/h3-21,23-29,34,38,43H,22H2,1-2H3. The van der Waals surface area contributed by atoms with Gasteiger partial charge in [-0.1, -0.05) is 129 Å². The van der Waals surface area contributed by atoms with Crippen LogP contribution in [0.15, 0.2) is 158 Å². The van der Waals surface area contributed by atoms with Crippen LogP contribution in [0, 0.1) is 0 Å². The highest BCUT2D eigenvalue weighted by molar-refractivity contribution is 5.85. The van der Waals surface area contributed by atoms with E-state index >= 15 is 0 Å². The molecular weight excluding hydrogens is 571 g/mol. The smallest absolute Gasteiger partial charge is 0.128 e. The number of hydrogen-bond donors (Lipinski definition) is 0. The Kier molecular flexibility index (Phi) is 6.47. The molecule has 0 aromatic heterocycles. The average molecular weight is 608 g/mol. The lowest BCUT2D eigenvalue weighted by Gasteiger charge is -2.34. The summed E-state index contributed by atoms with van der Waals surface area (Å²) in [4.78, 5) is 2.54. The van der Waals surface area contributed by atoms with Crippen LogP contribution in [-0.2, 0) is 5.41 Å². The van der Waals surface area contributed by atoms with Crippen LogP contribution in [0.2, 0.25) is 0 Å². The molecule has 5 aromatic carbocycles. The molecule has 0 radical (unpaired) electrons. The van der Waals surface area contributed by atoms with Crippen LogP contribution < -0.4 is 9.64 Å². The second-order valence-electron chi connectivity index (χ2n) is 13.6. The van der Waals surface area contributed by atoms with Gasteiger partial charge in [0, 0.05) is 28.3 Å². The number of hydrogen-bond acceptors (Lipinski definition) is 2. The zero-order chi connectivity index (χ0) is 31.5. The Morgan fingerprint density at radius 1 is 0.638 bits per heavy atom. The highest BCUT2D eigenvalue weighted by atomic mass is 16.5. The maximum Gasteiger partial charge on any atom is 0.128 e. The van der Waals surface area contributed by atoms with Gasteiger partial charge in [-0.25, -0.2) is 0 Å². The summed E-state index contributed by atoms with van der Waals surface area (Å²) in [5.74, 6) is 1.24. The predicted molar refractivity (Wildman–Crippen MR) is 195 cm³/mol. The van der Waals surface area contributed by atoms with Gasteiger partial charge in [-0.15, -0.1) is 0 Å². The van der Waals surface area contributed by atoms with E-state index in [-0.39, 0.29) is 23.5 Å². The molecule has 0 fully saturated rings. The molecular formula is C45H37NO. The third-order valence-corrected chi connectivity index (χ3v) is 10.5. The minimum absolute atomic E-state index is 0.0211. The van der Waals surface area contributed by atoms with Crippen molar-refractivity contribution in [3.8, 4) is 28.0 Å². The maximum atomic E-state index is 6.34. The number of ether oxygens (including phenoxy) is 1. The SMILES string of the molecule is CC1(C)c2ccccc2-c2cc(N(c3ccc4c(c3)C3C=CC=CC3O4)C3C=CC(c4cccc(-c5ccccc5)c4)=CC3)ccc21. The molecule has 0 saturated heterocycles. The van der Waals surface area contributed by atoms with Gasteiger partial charge in [0.05, 0.1) is 6.04 Å². The lowest BCUT2D eigenvalue weighted by molar-refractivity contribution is 0.269. The molecule has 0 spiro atoms. The van der Waals surface area contributed by atoms with Gasteiger partial charge in [0.1, 0.15) is 11.9 Å². The molecule has 3 atom stereocenters. The van der Waals surface area contributed by atoms with Gasteiger partial charge in [-0.05, 0) is 93.4 Å². The van der Waals surface area contributed by atoms with Crippen LogP contribution in [0.25, 0.3) is 27.8 Å². The Balaban J connectivity index is 1.11. The molecule has 5 aromatic rings. The van der Waals surface area contributed by atoms with Gasteiger partial charge in [-0.3, -0.25) is 0 Å². The number of rotatable bonds is 5. The topological polar surface area (TPSA) is 12.5 Å². The van der Waals surface area contributed by atoms with Crippen LogP contribution in [0.1, 0.15) is 48.4 Å². The minimum atomic E-state index is -0.0211. The number of anilines is 2. The Labute approximate surface area is 277 Å². The minimum Gasteiger partial charge on any atom is -0.485 e. The van der Waals surface area contributed by atoms with Crippen LogP contribution in [-0.4, -0.2) is 12.1 Å². The van der Waals surface area contributed by atoms with E-state index in [1.165, 1.54) is 61.5 Å². The second-order valence-corrected chi connectivity index (χ2v) is 13.6. The van der Waals surface area contributed by atoms with Crippen molar-refractivity contribution in [3.05, 3.63) is 180 Å². The molecule has 0 N–H and O–H groups in total. The zero-order valence-corrected chi connectivity index (χ0v) is 26.8. The molecule has 0 amide bonds. The quantitative estimate of drug-likeness (QED) is 0.197. The first-order valence-corrected chi connectivity index (χ1v) is 16.8. The normalized spacial score (nSPS) is 20.9. The summed E-state index contributed by atoms with van der Waals surface area (Å²) >= 11 is 0. The summed E-state index contributed by atoms with van der Waals surface area (Å²) in [5.41, 5.74) is 14.1. The zero-order valence-electron chi connectivity index (χ0n) is 26.8. The Hall–Kier alpha value is -5.34. The van der Waals surface area contributed by atoms with Crippen molar-refractivity contribution in [1.82, 2.24) is 0 Å². The highest BCUT2D eigenvalue weighted by Crippen LogP contribution is 2.51. The lowest BCUT2D eigenvalue weighted by Crippen LogP contribution is -2.30. The van der Waals surface area contributed by atoms with E-state index < -0.39 is 0 Å². The van der Waals surface area contributed by atoms with Gasteiger partial charge in [0.15, 0.2) is 0 Å². The molecule has 0 saturated carbocycles. The average Bonchev–Trinajstić information content (AvgIpc) is 3.61. The van der Waals surface area contributed by atoms with Gasteiger partial charge < -0.3 is 9.64 Å². The summed E-state index contributed by atoms with van der Waals surface area (Å²) in [6.07, 6.45) is 16.8. The van der Waals surface area contributed by atoms with E-state index in [1.54, 1.807) is 0 Å². The van der Waals surface area contributed by atoms with Crippen LogP contribution in [0.4, 0.5) is 11.4 Å². The summed E-state index contributed by atoms with van der Waals surface area (Å²) < 4.78 is 6.34. The van der Waals surface area contributed by atoms with Gasteiger partial charge in [0.25, 0.3) is 0 Å². The van der Waals surface area contributed by atoms with Crippen LogP contribution in [0.3, 0.4) is 0 Å². The molecule has 2 nitrogen and oxygen atoms in total. The molecule has 1 aliphatic heterocycles. The number of benzene rings is 5. The van der Waals surface area contributed by atoms with Crippen molar-refractivity contribution >= 4 is 16.9 Å². The summed E-state index contributed by atoms with van der Waals surface area (Å²) in [6.45, 7) is 4.70. The van der Waals surface area contributed by atoms with Gasteiger partial charge in [0.2, 0.25) is 0 Å². The molecule has 3 aliphatic carbocycles. The van der Waals surface area contributed by atoms with Gasteiger partial charge in [-0.2, -0.15) is 0 Å². The molecule has 9 rings (SSSR count). The molecule has 2 heteroatoms. The van der Waals surface area contributed by atoms with E-state index in [4.69, 9.17) is 4.74 Å². The summed E-state index contributed by atoms with van der Waals surface area (Å²) in [6, 6.07) is 42.5. The van der Waals surface area contributed by atoms with Crippen molar-refractivity contribution in [2.45, 2.75) is 43.7 Å². The van der Waals surface area contributed by atoms with E-state index in [1.807, 2.05) is 0 Å². The van der Waals surface area contributed by atoms with E-state index in [2.05, 4.69) is 177 Å². The Bertz CT molecular complexity index is 2150. The largest absolute Gasteiger partial charge is 0.485 e. The first-order valence-electron chi connectivity index (χ1n) is 16.8. The highest BCUT2D eigenvalue weighted by Gasteiger charge is 2.37. The summed E-state index contributed by atoms with van der Waals surface area (Å²) in [7, 11) is 0. The first kappa shape index (κ1) is 27.9. The monoisotopic (exact) mass is 607 g/mol. The third kappa shape index (κ3) is 4.62. The fourth-order valence-corrected chi connectivity index (χ4v) is 8.09. The molecule has 47 heavy (non-hydrogen) atoms. The Morgan fingerprint density at radius 2 is 1.38 bits per heavy atom. The molecule has 228 valence electrons. The van der Waals surface area contributed by atoms with Gasteiger partial charge >= 0.3 is 0 Å². The van der Waals surface area contributed by atoms with Crippen molar-refractivity contribution in [2.24, 2.45) is 0 Å². The number of nitrogens with zero attached hydrogens (tertiary/aromatic N) is 1. The second kappa shape index (κ2) is 10.9. The third-order valence-electron chi connectivity index (χ3n) is 10.5. The van der Waals surface area contributed by atoms with Crippen molar-refractivity contribution in [3.63, 3.8) is 0 Å². The van der Waals surface area contributed by atoms with E-state index in [0.29, 0.717) is 0 Å². The van der Waals surface area contributed by atoms with E-state index in [9.17, 15) is 0 Å². The lowest BCUT2D eigenvalue weighted by atomic mass is 9.82. The first-order chi connectivity index (χ1) is 23.0. The van der Waals surface area contributed by atoms with Crippen LogP contribution >= 0.6 is 0 Å². The van der Waals surface area contributed by atoms with E-state index in [0.717, 1.165) is 12.2 Å². The van der Waals surface area contributed by atoms with Crippen molar-refractivity contribution in [2.75, 3.05) is 4.90 Å². The predicted octanol–water partition coefficient (Wildman–Crippen LogP) is 11.2. The number of allylic oxidation sites excluding steroid dienone is 4. The maximum absolute atomic E-state index is 6.34. The molecule has 3 unspecified atom stereocenters. The molecule has 1 heterocycles. The summed E-state index contributed by atoms with van der Waals surface area (Å²) in [5, 5.41) is 0. The Morgan fingerprint density at radius 3 is 2.26 bits per heavy atom. The van der Waals surface area contributed by atoms with Crippen LogP contribution in [0.5, 0.6) is 5.75 Å². The molecule has 4 aliphatic rings. The van der Waals surface area contributed by atoms with Crippen molar-refractivity contribution < 1.29 is 4.74 Å². The fraction of sp³-hybridized carbons (Fsp3) is 0.156. The molecule has 0 bridgehead atoms. The fourth-order valence-electron chi connectivity index (χ4n) is 8.09.